The van der Waals surface area contributed by atoms with Gasteiger partial charge in [0, 0.05) is 31.2 Å². The number of hydrogen-bond donors (Lipinski definition) is 2. The molecule has 140 valence electrons. The van der Waals surface area contributed by atoms with Gasteiger partial charge in [-0.2, -0.15) is 0 Å². The summed E-state index contributed by atoms with van der Waals surface area (Å²) in [6, 6.07) is 16.0. The molecule has 0 bridgehead atoms. The van der Waals surface area contributed by atoms with Gasteiger partial charge in [-0.25, -0.2) is 0 Å². The summed E-state index contributed by atoms with van der Waals surface area (Å²) in [6.45, 7) is 3.14. The molecule has 0 saturated carbocycles. The number of anilines is 2. The molecule has 5 nitrogen and oxygen atoms in total. The van der Waals surface area contributed by atoms with Gasteiger partial charge < -0.3 is 20.5 Å². The second kappa shape index (κ2) is 8.27. The Morgan fingerprint density at radius 2 is 1.93 bits per heavy atom. The lowest BCUT2D eigenvalue weighted by Crippen LogP contribution is -2.23. The van der Waals surface area contributed by atoms with Gasteiger partial charge in [-0.3, -0.25) is 4.98 Å². The molecule has 1 saturated heterocycles. The first kappa shape index (κ1) is 17.6. The summed E-state index contributed by atoms with van der Waals surface area (Å²) >= 11 is 0. The van der Waals surface area contributed by atoms with Crippen LogP contribution in [0.5, 0.6) is 5.75 Å². The van der Waals surface area contributed by atoms with E-state index < -0.39 is 0 Å². The van der Waals surface area contributed by atoms with Gasteiger partial charge in [-0.1, -0.05) is 30.3 Å². The molecule has 1 fully saturated rings. The van der Waals surface area contributed by atoms with Crippen LogP contribution in [0.3, 0.4) is 0 Å². The van der Waals surface area contributed by atoms with Crippen LogP contribution in [-0.4, -0.2) is 24.7 Å². The Morgan fingerprint density at radius 3 is 2.74 bits per heavy atom. The molecule has 0 aliphatic carbocycles. The minimum absolute atomic E-state index is 0.534. The van der Waals surface area contributed by atoms with Crippen molar-refractivity contribution in [2.75, 3.05) is 30.8 Å². The summed E-state index contributed by atoms with van der Waals surface area (Å²) in [6.07, 6.45) is 4.00. The predicted octanol–water partition coefficient (Wildman–Crippen LogP) is 4.23. The summed E-state index contributed by atoms with van der Waals surface area (Å²) in [5, 5.41) is 4.41. The number of nitrogens with one attached hydrogen (secondary N) is 1. The Balaban J connectivity index is 1.44. The largest absolute Gasteiger partial charge is 0.489 e. The van der Waals surface area contributed by atoms with E-state index in [-0.39, 0.29) is 0 Å². The van der Waals surface area contributed by atoms with Crippen molar-refractivity contribution in [3.63, 3.8) is 0 Å². The van der Waals surface area contributed by atoms with Crippen molar-refractivity contribution in [3.05, 3.63) is 60.3 Å². The summed E-state index contributed by atoms with van der Waals surface area (Å²) in [4.78, 5) is 4.57. The van der Waals surface area contributed by atoms with Crippen LogP contribution < -0.4 is 15.8 Å². The van der Waals surface area contributed by atoms with E-state index in [0.29, 0.717) is 12.5 Å². The Hall–Kier alpha value is -2.79. The quantitative estimate of drug-likeness (QED) is 0.686. The van der Waals surface area contributed by atoms with Crippen LogP contribution in [0, 0.1) is 5.92 Å². The smallest absolute Gasteiger partial charge is 0.122 e. The maximum Gasteiger partial charge on any atom is 0.122 e. The number of ether oxygens (including phenoxy) is 2. The fourth-order valence-electron chi connectivity index (χ4n) is 3.37. The average Bonchev–Trinajstić information content (AvgIpc) is 2.73. The van der Waals surface area contributed by atoms with Crippen molar-refractivity contribution in [2.45, 2.75) is 19.4 Å². The number of nitrogens with zero attached hydrogens (tertiary/aromatic N) is 1. The lowest BCUT2D eigenvalue weighted by Gasteiger charge is -2.23. The van der Waals surface area contributed by atoms with Gasteiger partial charge >= 0.3 is 0 Å². The monoisotopic (exact) mass is 363 g/mol. The van der Waals surface area contributed by atoms with Gasteiger partial charge in [-0.15, -0.1) is 0 Å². The maximum atomic E-state index is 6.38. The molecule has 5 heteroatoms. The first-order chi connectivity index (χ1) is 13.3. The molecule has 2 aromatic carbocycles. The molecule has 0 unspecified atom stereocenters. The molecular weight excluding hydrogens is 338 g/mol. The van der Waals surface area contributed by atoms with E-state index in [0.717, 1.165) is 66.2 Å². The lowest BCUT2D eigenvalue weighted by molar-refractivity contribution is 0.0699. The zero-order chi connectivity index (χ0) is 18.5. The van der Waals surface area contributed by atoms with Gasteiger partial charge in [0.15, 0.2) is 0 Å². The molecule has 4 rings (SSSR count). The van der Waals surface area contributed by atoms with Crippen LogP contribution in [0.25, 0.3) is 10.9 Å². The van der Waals surface area contributed by atoms with Crippen LogP contribution in [-0.2, 0) is 11.3 Å². The molecule has 1 aliphatic heterocycles. The molecule has 27 heavy (non-hydrogen) atoms. The van der Waals surface area contributed by atoms with Crippen molar-refractivity contribution in [1.82, 2.24) is 4.98 Å². The van der Waals surface area contributed by atoms with E-state index in [9.17, 15) is 0 Å². The van der Waals surface area contributed by atoms with E-state index in [4.69, 9.17) is 15.2 Å². The highest BCUT2D eigenvalue weighted by Gasteiger charge is 2.14. The van der Waals surface area contributed by atoms with Crippen LogP contribution >= 0.6 is 0 Å². The van der Waals surface area contributed by atoms with Gasteiger partial charge in [0.25, 0.3) is 0 Å². The molecule has 0 atom stereocenters. The molecule has 2 heterocycles. The Morgan fingerprint density at radius 1 is 1.11 bits per heavy atom. The molecule has 3 N–H and O–H groups in total. The fraction of sp³-hybridized carbons (Fsp3) is 0.318. The van der Waals surface area contributed by atoms with Gasteiger partial charge in [0.1, 0.15) is 12.4 Å². The van der Waals surface area contributed by atoms with E-state index in [1.54, 1.807) is 0 Å². The van der Waals surface area contributed by atoms with Crippen molar-refractivity contribution in [2.24, 2.45) is 5.92 Å². The third-order valence-electron chi connectivity index (χ3n) is 5.05. The Kier molecular flexibility index (Phi) is 5.39. The van der Waals surface area contributed by atoms with Crippen molar-refractivity contribution < 1.29 is 9.47 Å². The summed E-state index contributed by atoms with van der Waals surface area (Å²) in [5.41, 5.74) is 9.99. The van der Waals surface area contributed by atoms with E-state index >= 15 is 0 Å². The zero-order valence-electron chi connectivity index (χ0n) is 15.4. The molecule has 1 aromatic heterocycles. The highest BCUT2D eigenvalue weighted by molar-refractivity contribution is 5.96. The minimum atomic E-state index is 0.534. The first-order valence-corrected chi connectivity index (χ1v) is 9.46. The topological polar surface area (TPSA) is 69.4 Å². The first-order valence-electron chi connectivity index (χ1n) is 9.46. The number of rotatable bonds is 6. The van der Waals surface area contributed by atoms with Crippen LogP contribution in [0.4, 0.5) is 11.4 Å². The highest BCUT2D eigenvalue weighted by atomic mass is 16.5. The summed E-state index contributed by atoms with van der Waals surface area (Å²) < 4.78 is 11.3. The molecule has 0 amide bonds. The molecule has 0 radical (unpaired) electrons. The SMILES string of the molecule is Nc1c(NCC2CCOCC2)cnc2cc(OCc3ccccc3)ccc12. The summed E-state index contributed by atoms with van der Waals surface area (Å²) in [5.74, 6) is 1.42. The number of fused-ring (bicyclic) bond motifs is 1. The van der Waals surface area contributed by atoms with Gasteiger partial charge in [-0.05, 0) is 36.5 Å². The van der Waals surface area contributed by atoms with Crippen LogP contribution in [0.15, 0.2) is 54.7 Å². The second-order valence-electron chi connectivity index (χ2n) is 6.98. The third kappa shape index (κ3) is 4.31. The molecule has 0 spiro atoms. The van der Waals surface area contributed by atoms with Crippen molar-refractivity contribution >= 4 is 22.3 Å². The van der Waals surface area contributed by atoms with Crippen molar-refractivity contribution in [1.29, 1.82) is 0 Å². The molecule has 1 aliphatic rings. The number of benzene rings is 2. The normalized spacial score (nSPS) is 15.0. The number of pyridine rings is 1. The van der Waals surface area contributed by atoms with Gasteiger partial charge in [0.2, 0.25) is 0 Å². The maximum absolute atomic E-state index is 6.38. The zero-order valence-corrected chi connectivity index (χ0v) is 15.4. The predicted molar refractivity (Wildman–Crippen MR) is 109 cm³/mol. The summed E-state index contributed by atoms with van der Waals surface area (Å²) in [7, 11) is 0. The fourth-order valence-corrected chi connectivity index (χ4v) is 3.37. The van der Waals surface area contributed by atoms with Crippen molar-refractivity contribution in [3.8, 4) is 5.75 Å². The number of aromatic nitrogens is 1. The van der Waals surface area contributed by atoms with E-state index in [1.807, 2.05) is 54.7 Å². The molecular formula is C22H25N3O2. The van der Waals surface area contributed by atoms with Gasteiger partial charge in [0.05, 0.1) is 23.1 Å². The van der Waals surface area contributed by atoms with Crippen LogP contribution in [0.1, 0.15) is 18.4 Å². The van der Waals surface area contributed by atoms with Crippen LogP contribution in [0.2, 0.25) is 0 Å². The standard InChI is InChI=1S/C22H25N3O2/c23-22-19-7-6-18(27-15-17-4-2-1-3-5-17)12-20(19)25-14-21(22)24-13-16-8-10-26-11-9-16/h1-7,12,14,16,24H,8-11,13,15H2,(H2,23,25). The van der Waals surface area contributed by atoms with E-state index in [2.05, 4.69) is 10.3 Å². The average molecular weight is 363 g/mol. The number of hydrogen-bond acceptors (Lipinski definition) is 5. The highest BCUT2D eigenvalue weighted by Crippen LogP contribution is 2.30. The Labute approximate surface area is 159 Å². The second-order valence-corrected chi connectivity index (χ2v) is 6.98. The lowest BCUT2D eigenvalue weighted by atomic mass is 10.0. The third-order valence-corrected chi connectivity index (χ3v) is 5.05. The Bertz CT molecular complexity index is 893. The van der Waals surface area contributed by atoms with E-state index in [1.165, 1.54) is 0 Å². The number of nitrogen functional groups attached to an aromatic ring is 1. The molecule has 3 aromatic rings. The number of nitrogens with two attached hydrogens (primary N) is 1. The minimum Gasteiger partial charge on any atom is -0.489 e.